The van der Waals surface area contributed by atoms with Crippen molar-refractivity contribution in [1.29, 1.82) is 0 Å². The number of benzene rings is 1. The van der Waals surface area contributed by atoms with Crippen LogP contribution >= 0.6 is 0 Å². The molecular formula is C13H16N4O2. The summed E-state index contributed by atoms with van der Waals surface area (Å²) in [5, 5.41) is 16.1. The van der Waals surface area contributed by atoms with E-state index in [2.05, 4.69) is 15.2 Å². The lowest BCUT2D eigenvalue weighted by Gasteiger charge is -2.11. The van der Waals surface area contributed by atoms with Gasteiger partial charge in [0, 0.05) is 12.6 Å². The zero-order valence-corrected chi connectivity index (χ0v) is 11.2. The second-order valence-corrected chi connectivity index (χ2v) is 4.27. The highest BCUT2D eigenvalue weighted by molar-refractivity contribution is 6.00. The van der Waals surface area contributed by atoms with Gasteiger partial charge in [-0.15, -0.1) is 0 Å². The molecule has 2 rings (SSSR count). The van der Waals surface area contributed by atoms with Crippen molar-refractivity contribution in [2.45, 2.75) is 20.5 Å². The van der Waals surface area contributed by atoms with E-state index in [1.54, 1.807) is 11.6 Å². The summed E-state index contributed by atoms with van der Waals surface area (Å²) in [7, 11) is 1.81. The van der Waals surface area contributed by atoms with Crippen LogP contribution in [-0.4, -0.2) is 25.7 Å². The molecule has 6 heteroatoms. The minimum Gasteiger partial charge on any atom is -0.485 e. The molecule has 0 atom stereocenters. The molecule has 1 heterocycles. The first-order valence-electron chi connectivity index (χ1n) is 5.87. The second-order valence-electron chi connectivity index (χ2n) is 4.27. The molecule has 0 saturated carbocycles. The van der Waals surface area contributed by atoms with Crippen LogP contribution in [0.3, 0.4) is 0 Å². The van der Waals surface area contributed by atoms with Crippen LogP contribution < -0.4 is 4.74 Å². The van der Waals surface area contributed by atoms with Crippen LogP contribution in [0, 0.1) is 6.92 Å². The normalized spacial score (nSPS) is 11.6. The van der Waals surface area contributed by atoms with Crippen molar-refractivity contribution in [2.75, 3.05) is 0 Å². The maximum atomic E-state index is 8.91. The van der Waals surface area contributed by atoms with Crippen LogP contribution in [0.4, 0.5) is 0 Å². The number of hydrogen-bond donors (Lipinski definition) is 1. The summed E-state index contributed by atoms with van der Waals surface area (Å²) in [4.78, 5) is 4.09. The maximum Gasteiger partial charge on any atom is 0.164 e. The molecule has 0 fully saturated rings. The molecule has 0 unspecified atom stereocenters. The third-order valence-electron chi connectivity index (χ3n) is 2.84. The molecule has 2 aromatic rings. The van der Waals surface area contributed by atoms with Gasteiger partial charge in [-0.1, -0.05) is 16.8 Å². The first-order valence-corrected chi connectivity index (χ1v) is 5.87. The SMILES string of the molecule is CC(=NO)c1cc(C)ccc1OCc1ncnn1C. The summed E-state index contributed by atoms with van der Waals surface area (Å²) in [5.41, 5.74) is 2.35. The molecule has 0 bridgehead atoms. The fourth-order valence-electron chi connectivity index (χ4n) is 1.70. The van der Waals surface area contributed by atoms with Gasteiger partial charge in [0.2, 0.25) is 0 Å². The number of rotatable bonds is 4. The van der Waals surface area contributed by atoms with Crippen LogP contribution in [0.15, 0.2) is 29.7 Å². The quantitative estimate of drug-likeness (QED) is 0.517. The van der Waals surface area contributed by atoms with Gasteiger partial charge in [-0.3, -0.25) is 4.68 Å². The number of aromatic nitrogens is 3. The summed E-state index contributed by atoms with van der Waals surface area (Å²) in [6, 6.07) is 5.72. The number of hydrogen-bond acceptors (Lipinski definition) is 5. The van der Waals surface area contributed by atoms with Gasteiger partial charge in [0.25, 0.3) is 0 Å². The number of aryl methyl sites for hydroxylation is 2. The molecular weight excluding hydrogens is 244 g/mol. The number of nitrogens with zero attached hydrogens (tertiary/aromatic N) is 4. The summed E-state index contributed by atoms with van der Waals surface area (Å²) < 4.78 is 7.38. The van der Waals surface area contributed by atoms with Gasteiger partial charge < -0.3 is 9.94 Å². The van der Waals surface area contributed by atoms with E-state index in [0.717, 1.165) is 17.0 Å². The van der Waals surface area contributed by atoms with Gasteiger partial charge in [0.1, 0.15) is 18.7 Å². The van der Waals surface area contributed by atoms with Crippen molar-refractivity contribution in [3.05, 3.63) is 41.5 Å². The van der Waals surface area contributed by atoms with Crippen LogP contribution in [-0.2, 0) is 13.7 Å². The Morgan fingerprint density at radius 2 is 2.26 bits per heavy atom. The minimum atomic E-state index is 0.311. The molecule has 100 valence electrons. The van der Waals surface area contributed by atoms with Crippen molar-refractivity contribution in [1.82, 2.24) is 14.8 Å². The van der Waals surface area contributed by atoms with Crippen molar-refractivity contribution >= 4 is 5.71 Å². The molecule has 1 N–H and O–H groups in total. The molecule has 0 saturated heterocycles. The molecule has 0 aliphatic carbocycles. The van der Waals surface area contributed by atoms with E-state index in [9.17, 15) is 0 Å². The molecule has 0 radical (unpaired) electrons. The highest BCUT2D eigenvalue weighted by atomic mass is 16.5. The summed E-state index contributed by atoms with van der Waals surface area (Å²) >= 11 is 0. The average molecular weight is 260 g/mol. The van der Waals surface area contributed by atoms with Gasteiger partial charge in [0.05, 0.1) is 5.71 Å². The summed E-state index contributed by atoms with van der Waals surface area (Å²) in [6.07, 6.45) is 1.48. The molecule has 1 aromatic carbocycles. The lowest BCUT2D eigenvalue weighted by atomic mass is 10.1. The zero-order valence-electron chi connectivity index (χ0n) is 11.2. The predicted octanol–water partition coefficient (Wildman–Crippen LogP) is 1.90. The van der Waals surface area contributed by atoms with E-state index < -0.39 is 0 Å². The van der Waals surface area contributed by atoms with E-state index >= 15 is 0 Å². The number of oxime groups is 1. The Morgan fingerprint density at radius 3 is 2.89 bits per heavy atom. The van der Waals surface area contributed by atoms with E-state index in [1.807, 2.05) is 32.2 Å². The third kappa shape index (κ3) is 2.90. The van der Waals surface area contributed by atoms with Crippen LogP contribution in [0.1, 0.15) is 23.9 Å². The Labute approximate surface area is 111 Å². The largest absolute Gasteiger partial charge is 0.485 e. The zero-order chi connectivity index (χ0) is 13.8. The van der Waals surface area contributed by atoms with Gasteiger partial charge in [-0.2, -0.15) is 5.10 Å². The lowest BCUT2D eigenvalue weighted by Crippen LogP contribution is -2.07. The lowest BCUT2D eigenvalue weighted by molar-refractivity contribution is 0.288. The Morgan fingerprint density at radius 1 is 1.47 bits per heavy atom. The Kier molecular flexibility index (Phi) is 3.79. The third-order valence-corrected chi connectivity index (χ3v) is 2.84. The van der Waals surface area contributed by atoms with Gasteiger partial charge in [-0.25, -0.2) is 4.98 Å². The van der Waals surface area contributed by atoms with Crippen LogP contribution in [0.2, 0.25) is 0 Å². The van der Waals surface area contributed by atoms with Crippen LogP contribution in [0.5, 0.6) is 5.75 Å². The summed E-state index contributed by atoms with van der Waals surface area (Å²) in [6.45, 7) is 4.01. The molecule has 0 aliphatic heterocycles. The van der Waals surface area contributed by atoms with E-state index in [-0.39, 0.29) is 0 Å². The van der Waals surface area contributed by atoms with Crippen molar-refractivity contribution < 1.29 is 9.94 Å². The average Bonchev–Trinajstić information content (AvgIpc) is 2.82. The predicted molar refractivity (Wildman–Crippen MR) is 70.5 cm³/mol. The monoisotopic (exact) mass is 260 g/mol. The van der Waals surface area contributed by atoms with Gasteiger partial charge >= 0.3 is 0 Å². The van der Waals surface area contributed by atoms with E-state index in [1.165, 1.54) is 6.33 Å². The van der Waals surface area contributed by atoms with E-state index in [4.69, 9.17) is 9.94 Å². The molecule has 6 nitrogen and oxygen atoms in total. The van der Waals surface area contributed by atoms with Crippen molar-refractivity contribution in [3.63, 3.8) is 0 Å². The Balaban J connectivity index is 2.23. The van der Waals surface area contributed by atoms with Crippen LogP contribution in [0.25, 0.3) is 0 Å². The minimum absolute atomic E-state index is 0.311. The smallest absolute Gasteiger partial charge is 0.164 e. The summed E-state index contributed by atoms with van der Waals surface area (Å²) in [5.74, 6) is 1.38. The van der Waals surface area contributed by atoms with E-state index in [0.29, 0.717) is 18.1 Å². The second kappa shape index (κ2) is 5.51. The Bertz CT molecular complexity index is 604. The highest BCUT2D eigenvalue weighted by Gasteiger charge is 2.09. The first kappa shape index (κ1) is 13.1. The molecule has 0 spiro atoms. The Hall–Kier alpha value is -2.37. The highest BCUT2D eigenvalue weighted by Crippen LogP contribution is 2.21. The molecule has 0 aliphatic rings. The topological polar surface area (TPSA) is 72.5 Å². The fourth-order valence-corrected chi connectivity index (χ4v) is 1.70. The van der Waals surface area contributed by atoms with Crippen molar-refractivity contribution in [3.8, 4) is 5.75 Å². The molecule has 1 aromatic heterocycles. The van der Waals surface area contributed by atoms with Crippen molar-refractivity contribution in [2.24, 2.45) is 12.2 Å². The maximum absolute atomic E-state index is 8.91. The fraction of sp³-hybridized carbons (Fsp3) is 0.308. The van der Waals surface area contributed by atoms with Gasteiger partial charge in [-0.05, 0) is 26.0 Å². The number of ether oxygens (including phenoxy) is 1. The molecule has 0 amide bonds. The molecule has 19 heavy (non-hydrogen) atoms. The standard InChI is InChI=1S/C13H16N4O2/c1-9-4-5-12(11(6-9)10(2)16-18)19-7-13-14-8-15-17(13)3/h4-6,8,18H,7H2,1-3H3. The van der Waals surface area contributed by atoms with Gasteiger partial charge in [0.15, 0.2) is 5.82 Å². The first-order chi connectivity index (χ1) is 9.11.